The number of aromatic nitrogens is 1. The van der Waals surface area contributed by atoms with E-state index in [2.05, 4.69) is 24.1 Å². The number of pyridine rings is 1. The molecule has 2 saturated heterocycles. The van der Waals surface area contributed by atoms with Gasteiger partial charge in [-0.15, -0.1) is 0 Å². The molecule has 2 aliphatic rings. The number of ether oxygens (including phenoxy) is 1. The Bertz CT molecular complexity index is 926. The summed E-state index contributed by atoms with van der Waals surface area (Å²) in [6.07, 6.45) is 0.676. The highest BCUT2D eigenvalue weighted by molar-refractivity contribution is 5.95. The lowest BCUT2D eigenvalue weighted by Crippen LogP contribution is -2.56. The van der Waals surface area contributed by atoms with E-state index in [1.807, 2.05) is 46.2 Å². The number of rotatable bonds is 5. The minimum Gasteiger partial charge on any atom is -0.378 e. The van der Waals surface area contributed by atoms with Crippen molar-refractivity contribution in [2.45, 2.75) is 26.3 Å². The number of piperidine rings is 1. The molecule has 1 aromatic carbocycles. The Labute approximate surface area is 183 Å². The van der Waals surface area contributed by atoms with Crippen LogP contribution in [-0.4, -0.2) is 78.6 Å². The molecule has 2 aromatic rings. The molecule has 2 atom stereocenters. The van der Waals surface area contributed by atoms with Crippen molar-refractivity contribution in [1.29, 1.82) is 0 Å². The topological polar surface area (TPSA) is 74.8 Å². The lowest BCUT2D eigenvalue weighted by Gasteiger charge is -2.40. The molecule has 1 aromatic heterocycles. The molecule has 3 heterocycles. The first-order valence-corrected chi connectivity index (χ1v) is 11.3. The summed E-state index contributed by atoms with van der Waals surface area (Å²) in [4.78, 5) is 35.0. The third kappa shape index (κ3) is 5.05. The lowest BCUT2D eigenvalue weighted by molar-refractivity contribution is -0.140. The van der Waals surface area contributed by atoms with E-state index in [-0.39, 0.29) is 23.8 Å². The zero-order valence-electron chi connectivity index (χ0n) is 18.4. The van der Waals surface area contributed by atoms with Crippen molar-refractivity contribution in [1.82, 2.24) is 20.1 Å². The Morgan fingerprint density at radius 1 is 1.16 bits per heavy atom. The third-order valence-electron chi connectivity index (χ3n) is 6.08. The Hall–Kier alpha value is -2.51. The van der Waals surface area contributed by atoms with Crippen LogP contribution in [0.15, 0.2) is 36.4 Å². The third-order valence-corrected chi connectivity index (χ3v) is 6.08. The average molecular weight is 425 g/mol. The highest BCUT2D eigenvalue weighted by Crippen LogP contribution is 2.22. The van der Waals surface area contributed by atoms with Crippen LogP contribution in [0.1, 0.15) is 30.8 Å². The maximum Gasteiger partial charge on any atom is 0.272 e. The van der Waals surface area contributed by atoms with E-state index < -0.39 is 0 Å². The Kier molecular flexibility index (Phi) is 6.83. The van der Waals surface area contributed by atoms with Crippen molar-refractivity contribution in [3.05, 3.63) is 42.1 Å². The number of nitrogens with one attached hydrogen (secondary N) is 1. The van der Waals surface area contributed by atoms with Crippen molar-refractivity contribution in [3.63, 3.8) is 0 Å². The van der Waals surface area contributed by atoms with Crippen LogP contribution in [0, 0.1) is 11.8 Å². The first-order valence-electron chi connectivity index (χ1n) is 11.3. The van der Waals surface area contributed by atoms with E-state index in [4.69, 9.17) is 4.74 Å². The molecule has 166 valence electrons. The van der Waals surface area contributed by atoms with Crippen molar-refractivity contribution in [3.8, 4) is 0 Å². The molecule has 0 radical (unpaired) electrons. The van der Waals surface area contributed by atoms with Crippen LogP contribution in [0.4, 0.5) is 0 Å². The number of para-hydroxylation sites is 1. The molecule has 1 unspecified atom stereocenters. The summed E-state index contributed by atoms with van der Waals surface area (Å²) in [5.74, 6) is 0.301. The highest BCUT2D eigenvalue weighted by atomic mass is 16.5. The normalized spacial score (nSPS) is 22.0. The fraction of sp³-hybridized carbons (Fsp3) is 0.542. The standard InChI is InChI=1S/C24H32N4O3/c1-17(2)16-28(24(30)22-8-7-18-5-3-4-6-21(18)26-22)20-13-19(14-25-15-20)23(29)27-9-11-31-12-10-27/h3-8,17,19-20,25H,9-16H2,1-2H3/t19?,20-/m0/s1. The second-order valence-electron chi connectivity index (χ2n) is 8.92. The van der Waals surface area contributed by atoms with Crippen LogP contribution < -0.4 is 5.32 Å². The first-order chi connectivity index (χ1) is 15.0. The van der Waals surface area contributed by atoms with Crippen LogP contribution in [0.25, 0.3) is 10.9 Å². The van der Waals surface area contributed by atoms with Crippen LogP contribution in [0.3, 0.4) is 0 Å². The summed E-state index contributed by atoms with van der Waals surface area (Å²) >= 11 is 0. The quantitative estimate of drug-likeness (QED) is 0.796. The average Bonchev–Trinajstić information content (AvgIpc) is 2.82. The number of hydrogen-bond acceptors (Lipinski definition) is 5. The number of carbonyl (C=O) groups is 2. The Morgan fingerprint density at radius 2 is 1.94 bits per heavy atom. The number of hydrogen-bond donors (Lipinski definition) is 1. The molecular formula is C24H32N4O3. The second-order valence-corrected chi connectivity index (χ2v) is 8.92. The molecule has 4 rings (SSSR count). The van der Waals surface area contributed by atoms with Gasteiger partial charge in [0.25, 0.3) is 5.91 Å². The molecule has 7 nitrogen and oxygen atoms in total. The summed E-state index contributed by atoms with van der Waals surface area (Å²) in [6.45, 7) is 8.70. The van der Waals surface area contributed by atoms with Gasteiger partial charge in [-0.05, 0) is 24.5 Å². The van der Waals surface area contributed by atoms with Crippen LogP contribution in [0.5, 0.6) is 0 Å². The van der Waals surface area contributed by atoms with Gasteiger partial charge in [0.15, 0.2) is 0 Å². The van der Waals surface area contributed by atoms with Crippen molar-refractivity contribution in [2.75, 3.05) is 45.9 Å². The molecule has 7 heteroatoms. The van der Waals surface area contributed by atoms with Crippen molar-refractivity contribution in [2.24, 2.45) is 11.8 Å². The summed E-state index contributed by atoms with van der Waals surface area (Å²) < 4.78 is 5.38. The summed E-state index contributed by atoms with van der Waals surface area (Å²) in [6, 6.07) is 11.6. The molecule has 2 fully saturated rings. The Morgan fingerprint density at radius 3 is 2.71 bits per heavy atom. The minimum atomic E-state index is -0.121. The molecule has 0 bridgehead atoms. The monoisotopic (exact) mass is 424 g/mol. The van der Waals surface area contributed by atoms with Gasteiger partial charge in [0, 0.05) is 44.2 Å². The van der Waals surface area contributed by atoms with Gasteiger partial charge in [0.1, 0.15) is 5.69 Å². The zero-order valence-corrected chi connectivity index (χ0v) is 18.4. The summed E-state index contributed by atoms with van der Waals surface area (Å²) in [5.41, 5.74) is 1.28. The van der Waals surface area contributed by atoms with E-state index >= 15 is 0 Å². The van der Waals surface area contributed by atoms with E-state index in [9.17, 15) is 9.59 Å². The van der Waals surface area contributed by atoms with Gasteiger partial charge < -0.3 is 19.9 Å². The fourth-order valence-electron chi connectivity index (χ4n) is 4.51. The van der Waals surface area contributed by atoms with E-state index in [0.29, 0.717) is 64.0 Å². The molecule has 0 aliphatic carbocycles. The zero-order chi connectivity index (χ0) is 21.8. The van der Waals surface area contributed by atoms with Gasteiger partial charge in [-0.25, -0.2) is 4.98 Å². The van der Waals surface area contributed by atoms with Gasteiger partial charge in [-0.2, -0.15) is 0 Å². The molecule has 0 saturated carbocycles. The largest absolute Gasteiger partial charge is 0.378 e. The van der Waals surface area contributed by atoms with Crippen LogP contribution in [0.2, 0.25) is 0 Å². The maximum absolute atomic E-state index is 13.5. The molecule has 2 aliphatic heterocycles. The van der Waals surface area contributed by atoms with Crippen molar-refractivity contribution >= 4 is 22.7 Å². The maximum atomic E-state index is 13.5. The predicted octanol–water partition coefficient (Wildman–Crippen LogP) is 2.17. The SMILES string of the molecule is CC(C)CN(C(=O)c1ccc2ccccc2n1)[C@@H]1CNCC(C(=O)N2CCOCC2)C1. The minimum absolute atomic E-state index is 0.0353. The van der Waals surface area contributed by atoms with Crippen LogP contribution in [-0.2, 0) is 9.53 Å². The van der Waals surface area contributed by atoms with Gasteiger partial charge in [0.2, 0.25) is 5.91 Å². The van der Waals surface area contributed by atoms with Gasteiger partial charge in [0.05, 0.1) is 24.6 Å². The van der Waals surface area contributed by atoms with E-state index in [0.717, 1.165) is 10.9 Å². The number of amides is 2. The smallest absolute Gasteiger partial charge is 0.272 e. The van der Waals surface area contributed by atoms with E-state index in [1.165, 1.54) is 0 Å². The Balaban J connectivity index is 1.53. The molecule has 2 amide bonds. The molecule has 31 heavy (non-hydrogen) atoms. The summed E-state index contributed by atoms with van der Waals surface area (Å²) in [5, 5.41) is 4.42. The number of fused-ring (bicyclic) bond motifs is 1. The fourth-order valence-corrected chi connectivity index (χ4v) is 4.51. The van der Waals surface area contributed by atoms with Crippen molar-refractivity contribution < 1.29 is 14.3 Å². The van der Waals surface area contributed by atoms with Gasteiger partial charge in [-0.3, -0.25) is 9.59 Å². The molecule has 1 N–H and O–H groups in total. The summed E-state index contributed by atoms with van der Waals surface area (Å²) in [7, 11) is 0. The first kappa shape index (κ1) is 21.7. The van der Waals surface area contributed by atoms with Gasteiger partial charge >= 0.3 is 0 Å². The van der Waals surface area contributed by atoms with Gasteiger partial charge in [-0.1, -0.05) is 38.1 Å². The molecular weight excluding hydrogens is 392 g/mol. The number of nitrogens with zero attached hydrogens (tertiary/aromatic N) is 3. The predicted molar refractivity (Wildman–Crippen MR) is 120 cm³/mol. The number of carbonyl (C=O) groups excluding carboxylic acids is 2. The number of benzene rings is 1. The number of morpholine rings is 1. The second kappa shape index (κ2) is 9.75. The molecule has 0 spiro atoms. The highest BCUT2D eigenvalue weighted by Gasteiger charge is 2.35. The van der Waals surface area contributed by atoms with Crippen LogP contribution >= 0.6 is 0 Å². The lowest BCUT2D eigenvalue weighted by atomic mass is 9.92. The van der Waals surface area contributed by atoms with E-state index in [1.54, 1.807) is 0 Å².